The number of esters is 4. The molecule has 0 spiro atoms. The quantitative estimate of drug-likeness (QED) is 0.132. The Bertz CT molecular complexity index is 1070. The molecule has 4 aliphatic rings. The Kier molecular flexibility index (Phi) is 18.1. The van der Waals surface area contributed by atoms with Crippen LogP contribution in [-0.2, 0) is 93.8 Å². The van der Waals surface area contributed by atoms with Crippen LogP contribution in [0.4, 0.5) is 0 Å². The minimum Gasteiger partial charge on any atom is -0.462 e. The van der Waals surface area contributed by atoms with Crippen LogP contribution in [0.25, 0.3) is 0 Å². The topological polar surface area (TPSA) is 146 Å². The summed E-state index contributed by atoms with van der Waals surface area (Å²) in [5.74, 6) is -0.285. The SMILES string of the molecule is C=C(C)C(=O)OCC(O)COC(=O)C(=C)C.CC1(C(=O)OCC(O)COC(=O)C2(C)CC3C=CC2C3)CC2C=CC1C2.[V].[V].[V]. The van der Waals surface area contributed by atoms with E-state index in [0.717, 1.165) is 25.7 Å². The van der Waals surface area contributed by atoms with Crippen molar-refractivity contribution in [1.29, 1.82) is 0 Å². The van der Waals surface area contributed by atoms with Crippen LogP contribution in [-0.4, -0.2) is 72.7 Å². The van der Waals surface area contributed by atoms with Crippen LogP contribution in [0.2, 0.25) is 0 Å². The van der Waals surface area contributed by atoms with Gasteiger partial charge in [0.15, 0.2) is 0 Å². The molecule has 247 valence electrons. The van der Waals surface area contributed by atoms with E-state index in [9.17, 15) is 29.4 Å². The van der Waals surface area contributed by atoms with Crippen molar-refractivity contribution in [3.8, 4) is 0 Å². The Morgan fingerprint density at radius 1 is 0.667 bits per heavy atom. The van der Waals surface area contributed by atoms with E-state index < -0.39 is 35.0 Å². The normalized spacial score (nSPS) is 28.3. The number of carbonyl (C=O) groups excluding carboxylic acids is 4. The van der Waals surface area contributed by atoms with Crippen LogP contribution in [0.5, 0.6) is 0 Å². The molecule has 0 heterocycles. The largest absolute Gasteiger partial charge is 0.462 e. The van der Waals surface area contributed by atoms with Gasteiger partial charge in [-0.25, -0.2) is 9.59 Å². The van der Waals surface area contributed by atoms with Gasteiger partial charge in [0, 0.05) is 66.8 Å². The van der Waals surface area contributed by atoms with Gasteiger partial charge in [-0.2, -0.15) is 0 Å². The molecule has 0 aromatic carbocycles. The van der Waals surface area contributed by atoms with Crippen LogP contribution < -0.4 is 0 Å². The van der Waals surface area contributed by atoms with Crippen LogP contribution in [0.15, 0.2) is 48.6 Å². The zero-order chi connectivity index (χ0) is 31.2. The van der Waals surface area contributed by atoms with E-state index in [1.54, 1.807) is 0 Å². The monoisotopic (exact) mass is 741 g/mol. The third-order valence-electron chi connectivity index (χ3n) is 8.61. The molecular formula is C32H44O10V3. The first-order valence-corrected chi connectivity index (χ1v) is 14.4. The van der Waals surface area contributed by atoms with Gasteiger partial charge in [-0.1, -0.05) is 37.5 Å². The molecule has 2 saturated carbocycles. The Morgan fingerprint density at radius 3 is 1.22 bits per heavy atom. The van der Waals surface area contributed by atoms with E-state index in [0.29, 0.717) is 11.8 Å². The molecule has 10 nitrogen and oxygen atoms in total. The molecule has 4 bridgehead atoms. The maximum Gasteiger partial charge on any atom is 0.333 e. The molecule has 3 radical (unpaired) electrons. The zero-order valence-electron chi connectivity index (χ0n) is 26.3. The predicted octanol–water partition coefficient (Wildman–Crippen LogP) is 3.22. The molecule has 6 atom stereocenters. The smallest absolute Gasteiger partial charge is 0.333 e. The number of fused-ring (bicyclic) bond motifs is 4. The van der Waals surface area contributed by atoms with Crippen molar-refractivity contribution in [2.24, 2.45) is 34.5 Å². The van der Waals surface area contributed by atoms with E-state index in [2.05, 4.69) is 46.9 Å². The number of rotatable bonds is 12. The van der Waals surface area contributed by atoms with Crippen molar-refractivity contribution in [1.82, 2.24) is 0 Å². The third kappa shape index (κ3) is 11.3. The average molecular weight is 742 g/mol. The fourth-order valence-corrected chi connectivity index (χ4v) is 6.02. The predicted molar refractivity (Wildman–Crippen MR) is 152 cm³/mol. The Hall–Kier alpha value is -1.49. The van der Waals surface area contributed by atoms with Crippen LogP contribution in [0.1, 0.15) is 53.4 Å². The maximum atomic E-state index is 12.5. The van der Waals surface area contributed by atoms with E-state index >= 15 is 0 Å². The van der Waals surface area contributed by atoms with Crippen LogP contribution >= 0.6 is 0 Å². The number of aliphatic hydroxyl groups is 2. The average Bonchev–Trinajstić information content (AvgIpc) is 3.74. The fraction of sp³-hybridized carbons (Fsp3) is 0.625. The molecule has 6 unspecified atom stereocenters. The molecule has 4 rings (SSSR count). The summed E-state index contributed by atoms with van der Waals surface area (Å²) in [5.41, 5.74) is -0.491. The number of ether oxygens (including phenoxy) is 4. The Labute approximate surface area is 301 Å². The van der Waals surface area contributed by atoms with Gasteiger partial charge < -0.3 is 29.2 Å². The van der Waals surface area contributed by atoms with Gasteiger partial charge in [-0.15, -0.1) is 0 Å². The summed E-state index contributed by atoms with van der Waals surface area (Å²) >= 11 is 0. The van der Waals surface area contributed by atoms with Crippen molar-refractivity contribution >= 4 is 23.9 Å². The molecule has 13 heteroatoms. The van der Waals surface area contributed by atoms with Crippen molar-refractivity contribution < 1.29 is 104 Å². The Morgan fingerprint density at radius 2 is 0.978 bits per heavy atom. The van der Waals surface area contributed by atoms with Crippen molar-refractivity contribution in [2.75, 3.05) is 26.4 Å². The van der Waals surface area contributed by atoms with E-state index in [-0.39, 0.29) is 117 Å². The molecular weight excluding hydrogens is 697 g/mol. The first kappa shape index (κ1) is 43.5. The van der Waals surface area contributed by atoms with Gasteiger partial charge in [0.05, 0.1) is 10.8 Å². The zero-order valence-corrected chi connectivity index (χ0v) is 30.5. The first-order chi connectivity index (χ1) is 19.7. The number of hydrogen-bond acceptors (Lipinski definition) is 10. The standard InChI is InChI=1S/C21H28O5.C11H16O5.3V/c1-20(9-13-3-5-15(20)7-13)18(23)25-11-17(22)12-26-19(24)21(2)10-14-4-6-16(21)8-14;1-7(2)10(13)15-5-9(12)6-16-11(14)8(3)4;;;/h3-6,13-17,22H,7-12H2,1-2H3;9,12H,1,3,5-6H2,2,4H3;;;. The summed E-state index contributed by atoms with van der Waals surface area (Å²) in [4.78, 5) is 46.8. The first-order valence-electron chi connectivity index (χ1n) is 14.4. The van der Waals surface area contributed by atoms with Crippen molar-refractivity contribution in [2.45, 2.75) is 65.6 Å². The molecule has 2 fully saturated rings. The number of aliphatic hydroxyl groups excluding tert-OH is 2. The number of hydrogen-bond donors (Lipinski definition) is 2. The van der Waals surface area contributed by atoms with Gasteiger partial charge in [-0.05, 0) is 77.0 Å². The molecule has 0 aromatic rings. The molecule has 0 saturated heterocycles. The van der Waals surface area contributed by atoms with Gasteiger partial charge in [-0.3, -0.25) is 9.59 Å². The summed E-state index contributed by atoms with van der Waals surface area (Å²) in [6.45, 7) is 12.9. The van der Waals surface area contributed by atoms with E-state index in [1.807, 2.05) is 13.8 Å². The summed E-state index contributed by atoms with van der Waals surface area (Å²) in [6.07, 6.45) is 10.2. The third-order valence-corrected chi connectivity index (χ3v) is 8.61. The van der Waals surface area contributed by atoms with Gasteiger partial charge in [0.1, 0.15) is 38.6 Å². The van der Waals surface area contributed by atoms with Crippen LogP contribution in [0, 0.1) is 34.5 Å². The summed E-state index contributed by atoms with van der Waals surface area (Å²) < 4.78 is 20.0. The van der Waals surface area contributed by atoms with Gasteiger partial charge in [0.25, 0.3) is 0 Å². The fourth-order valence-electron chi connectivity index (χ4n) is 6.02. The second kappa shape index (κ2) is 18.7. The Balaban J connectivity index is 0.000000899. The summed E-state index contributed by atoms with van der Waals surface area (Å²) in [5, 5.41) is 19.4. The maximum absolute atomic E-state index is 12.5. The van der Waals surface area contributed by atoms with Crippen molar-refractivity contribution in [3.05, 3.63) is 48.6 Å². The molecule has 4 aliphatic carbocycles. The van der Waals surface area contributed by atoms with Crippen LogP contribution in [0.3, 0.4) is 0 Å². The molecule has 0 aromatic heterocycles. The molecule has 45 heavy (non-hydrogen) atoms. The number of carbonyl (C=O) groups is 4. The summed E-state index contributed by atoms with van der Waals surface area (Å²) in [6, 6.07) is 0. The summed E-state index contributed by atoms with van der Waals surface area (Å²) in [7, 11) is 0. The molecule has 0 aliphatic heterocycles. The van der Waals surface area contributed by atoms with E-state index in [4.69, 9.17) is 9.47 Å². The minimum atomic E-state index is -1.05. The van der Waals surface area contributed by atoms with E-state index in [1.165, 1.54) is 13.8 Å². The van der Waals surface area contributed by atoms with Gasteiger partial charge in [0.2, 0.25) is 0 Å². The molecule has 2 N–H and O–H groups in total. The second-order valence-electron chi connectivity index (χ2n) is 12.5. The minimum absolute atomic E-state index is 0. The van der Waals surface area contributed by atoms with Crippen molar-refractivity contribution in [3.63, 3.8) is 0 Å². The number of allylic oxidation sites excluding steroid dienone is 4. The van der Waals surface area contributed by atoms with Gasteiger partial charge >= 0.3 is 23.9 Å². The second-order valence-corrected chi connectivity index (χ2v) is 12.5. The molecule has 0 amide bonds.